The van der Waals surface area contributed by atoms with Crippen LogP contribution in [0, 0.1) is 12.3 Å². The van der Waals surface area contributed by atoms with Crippen molar-refractivity contribution in [3.05, 3.63) is 64.8 Å². The fourth-order valence-electron chi connectivity index (χ4n) is 6.02. The molecule has 0 aliphatic carbocycles. The maximum atomic E-state index is 13.5. The predicted octanol–water partition coefficient (Wildman–Crippen LogP) is 6.09. The Morgan fingerprint density at radius 1 is 1.13 bits per heavy atom. The molecule has 0 saturated carbocycles. The van der Waals surface area contributed by atoms with Gasteiger partial charge in [-0.25, -0.2) is 0 Å². The van der Waals surface area contributed by atoms with Gasteiger partial charge < -0.3 is 18.9 Å². The predicted molar refractivity (Wildman–Crippen MR) is 153 cm³/mol. The minimum absolute atomic E-state index is 0.211. The number of likely N-dealkylation sites (tertiary alicyclic amines) is 1. The first-order valence-electron chi connectivity index (χ1n) is 13.9. The Morgan fingerprint density at radius 2 is 1.92 bits per heavy atom. The van der Waals surface area contributed by atoms with Gasteiger partial charge in [-0.1, -0.05) is 29.8 Å². The van der Waals surface area contributed by atoms with E-state index in [2.05, 4.69) is 53.8 Å². The summed E-state index contributed by atoms with van der Waals surface area (Å²) in [4.78, 5) is 18.0. The lowest BCUT2D eigenvalue weighted by Crippen LogP contribution is -2.50. The first kappa shape index (κ1) is 27.0. The molecule has 3 aromatic rings. The number of halogens is 1. The highest BCUT2D eigenvalue weighted by Gasteiger charge is 2.40. The normalized spacial score (nSPS) is 20.8. The largest absolute Gasteiger partial charge is 0.493 e. The summed E-state index contributed by atoms with van der Waals surface area (Å²) in [6.07, 6.45) is 4.82. The van der Waals surface area contributed by atoms with Crippen LogP contribution in [0.25, 0.3) is 10.9 Å². The van der Waals surface area contributed by atoms with Crippen LogP contribution >= 0.6 is 11.6 Å². The number of fused-ring (bicyclic) bond motifs is 1. The van der Waals surface area contributed by atoms with Crippen LogP contribution in [0.15, 0.2) is 48.7 Å². The molecule has 1 aromatic heterocycles. The molecule has 7 heteroatoms. The lowest BCUT2D eigenvalue weighted by atomic mass is 9.77. The topological polar surface area (TPSA) is 46.9 Å². The number of morpholine rings is 1. The average Bonchev–Trinajstić information content (AvgIpc) is 3.29. The van der Waals surface area contributed by atoms with E-state index in [-0.39, 0.29) is 11.3 Å². The number of amides is 1. The molecule has 0 bridgehead atoms. The molecule has 38 heavy (non-hydrogen) atoms. The number of nitrogens with zero attached hydrogens (tertiary/aromatic N) is 3. The molecule has 0 spiro atoms. The summed E-state index contributed by atoms with van der Waals surface area (Å²) in [6, 6.07) is 14.9. The monoisotopic (exact) mass is 537 g/mol. The van der Waals surface area contributed by atoms with E-state index in [9.17, 15) is 4.79 Å². The summed E-state index contributed by atoms with van der Waals surface area (Å²) in [6.45, 7) is 12.3. The van der Waals surface area contributed by atoms with Crippen LogP contribution in [0.1, 0.15) is 50.3 Å². The van der Waals surface area contributed by atoms with Crippen molar-refractivity contribution in [2.45, 2.75) is 52.6 Å². The van der Waals surface area contributed by atoms with Crippen molar-refractivity contribution in [1.29, 1.82) is 0 Å². The number of carbonyl (C=O) groups excluding carboxylic acids is 1. The van der Waals surface area contributed by atoms with Gasteiger partial charge in [0.15, 0.2) is 0 Å². The Balaban J connectivity index is 1.37. The molecule has 1 amide bonds. The van der Waals surface area contributed by atoms with Crippen LogP contribution in [0.3, 0.4) is 0 Å². The molecule has 2 fully saturated rings. The number of hydrogen-bond acceptors (Lipinski definition) is 4. The van der Waals surface area contributed by atoms with E-state index >= 15 is 0 Å². The molecule has 2 saturated heterocycles. The molecule has 2 aliphatic rings. The van der Waals surface area contributed by atoms with E-state index < -0.39 is 0 Å². The van der Waals surface area contributed by atoms with Crippen molar-refractivity contribution in [3.8, 4) is 5.75 Å². The van der Waals surface area contributed by atoms with Gasteiger partial charge >= 0.3 is 0 Å². The van der Waals surface area contributed by atoms with Gasteiger partial charge in [0.2, 0.25) is 5.91 Å². The zero-order valence-electron chi connectivity index (χ0n) is 22.9. The van der Waals surface area contributed by atoms with Gasteiger partial charge in [0.05, 0.1) is 19.8 Å². The molecule has 2 aromatic carbocycles. The highest BCUT2D eigenvalue weighted by molar-refractivity contribution is 6.31. The van der Waals surface area contributed by atoms with E-state index in [1.165, 1.54) is 16.5 Å². The maximum Gasteiger partial charge on any atom is 0.223 e. The summed E-state index contributed by atoms with van der Waals surface area (Å²) in [7, 11) is 0. The van der Waals surface area contributed by atoms with Crippen molar-refractivity contribution in [3.63, 3.8) is 0 Å². The van der Waals surface area contributed by atoms with Gasteiger partial charge in [0.25, 0.3) is 0 Å². The minimum Gasteiger partial charge on any atom is -0.493 e. The summed E-state index contributed by atoms with van der Waals surface area (Å²) in [5, 5.41) is 2.05. The Labute approximate surface area is 231 Å². The molecule has 1 atom stereocenters. The maximum absolute atomic E-state index is 13.5. The summed E-state index contributed by atoms with van der Waals surface area (Å²) < 4.78 is 14.3. The van der Waals surface area contributed by atoms with Crippen molar-refractivity contribution in [1.82, 2.24) is 14.4 Å². The minimum atomic E-state index is -0.252. The first-order chi connectivity index (χ1) is 18.3. The Kier molecular flexibility index (Phi) is 8.32. The van der Waals surface area contributed by atoms with Crippen LogP contribution in [-0.4, -0.2) is 66.3 Å². The second kappa shape index (κ2) is 11.7. The van der Waals surface area contributed by atoms with Crippen LogP contribution < -0.4 is 4.74 Å². The smallest absolute Gasteiger partial charge is 0.223 e. The van der Waals surface area contributed by atoms with E-state index in [0.717, 1.165) is 48.8 Å². The lowest BCUT2D eigenvalue weighted by Gasteiger charge is -2.43. The molecular formula is C31H40ClN3O3. The standard InChI is InChI=1S/C31H40ClN3O3/c1-23(2)35-20-25(27-7-4-5-8-29(27)35)19-33-12-6-11-31(21-33,18-30(36)34-13-15-37-16-14-34)22-38-26-9-10-28(32)24(3)17-26/h4-5,7-10,17,20,23H,6,11-16,18-19,21-22H2,1-3H3/t31-/m1/s1. The number of para-hydroxylation sites is 1. The second-order valence-corrected chi connectivity index (χ2v) is 11.8. The Bertz CT molecular complexity index is 1270. The van der Waals surface area contributed by atoms with Gasteiger partial charge in [-0.15, -0.1) is 0 Å². The molecule has 2 aliphatic heterocycles. The molecule has 0 N–H and O–H groups in total. The average molecular weight is 538 g/mol. The SMILES string of the molecule is Cc1cc(OC[C@@]2(CC(=O)N3CCOCC3)CCCN(Cc3cn(C(C)C)c4ccccc34)C2)ccc1Cl. The highest BCUT2D eigenvalue weighted by atomic mass is 35.5. The molecule has 3 heterocycles. The number of benzene rings is 2. The third-order valence-electron chi connectivity index (χ3n) is 8.08. The van der Waals surface area contributed by atoms with Gasteiger partial charge in [0, 0.05) is 66.2 Å². The Morgan fingerprint density at radius 3 is 2.68 bits per heavy atom. The molecule has 0 radical (unpaired) electrons. The molecule has 6 nitrogen and oxygen atoms in total. The van der Waals surface area contributed by atoms with Crippen molar-refractivity contribution in [2.75, 3.05) is 46.0 Å². The van der Waals surface area contributed by atoms with E-state index in [1.807, 2.05) is 30.0 Å². The van der Waals surface area contributed by atoms with Gasteiger partial charge in [-0.05, 0) is 75.5 Å². The summed E-state index contributed by atoms with van der Waals surface area (Å²) in [5.74, 6) is 1.02. The van der Waals surface area contributed by atoms with Crippen LogP contribution in [0.5, 0.6) is 5.75 Å². The van der Waals surface area contributed by atoms with Crippen molar-refractivity contribution < 1.29 is 14.3 Å². The van der Waals surface area contributed by atoms with E-state index in [4.69, 9.17) is 21.1 Å². The highest BCUT2D eigenvalue weighted by Crippen LogP contribution is 2.37. The third-order valence-corrected chi connectivity index (χ3v) is 8.50. The van der Waals surface area contributed by atoms with E-state index in [1.54, 1.807) is 0 Å². The molecule has 204 valence electrons. The Hall–Kier alpha value is -2.54. The third kappa shape index (κ3) is 6.03. The first-order valence-corrected chi connectivity index (χ1v) is 14.3. The van der Waals surface area contributed by atoms with Crippen molar-refractivity contribution >= 4 is 28.4 Å². The number of rotatable bonds is 8. The molecule has 0 unspecified atom stereocenters. The van der Waals surface area contributed by atoms with Crippen molar-refractivity contribution in [2.24, 2.45) is 5.41 Å². The second-order valence-electron chi connectivity index (χ2n) is 11.4. The van der Waals surface area contributed by atoms with Crippen LogP contribution in [-0.2, 0) is 16.1 Å². The lowest BCUT2D eigenvalue weighted by molar-refractivity contribution is -0.139. The van der Waals surface area contributed by atoms with Gasteiger partial charge in [-0.3, -0.25) is 9.69 Å². The number of carbonyl (C=O) groups is 1. The number of hydrogen-bond donors (Lipinski definition) is 0. The number of piperidine rings is 1. The number of aromatic nitrogens is 1. The van der Waals surface area contributed by atoms with E-state index in [0.29, 0.717) is 45.4 Å². The fraction of sp³-hybridized carbons (Fsp3) is 0.516. The zero-order chi connectivity index (χ0) is 26.7. The van der Waals surface area contributed by atoms with Gasteiger partial charge in [-0.2, -0.15) is 0 Å². The van der Waals surface area contributed by atoms with Crippen LogP contribution in [0.2, 0.25) is 5.02 Å². The quantitative estimate of drug-likeness (QED) is 0.348. The molecular weight excluding hydrogens is 498 g/mol. The number of ether oxygens (including phenoxy) is 2. The fourth-order valence-corrected chi connectivity index (χ4v) is 6.14. The van der Waals surface area contributed by atoms with Gasteiger partial charge in [0.1, 0.15) is 5.75 Å². The zero-order valence-corrected chi connectivity index (χ0v) is 23.7. The number of aryl methyl sites for hydroxylation is 1. The van der Waals surface area contributed by atoms with Crippen LogP contribution in [0.4, 0.5) is 0 Å². The summed E-state index contributed by atoms with van der Waals surface area (Å²) >= 11 is 6.25. The molecule has 5 rings (SSSR count). The summed E-state index contributed by atoms with van der Waals surface area (Å²) in [5.41, 5.74) is 3.37.